The van der Waals surface area contributed by atoms with E-state index in [0.29, 0.717) is 12.0 Å². The zero-order valence-electron chi connectivity index (χ0n) is 9.11. The van der Waals surface area contributed by atoms with Crippen molar-refractivity contribution in [2.24, 2.45) is 0 Å². The minimum Gasteiger partial charge on any atom is -0.403 e. The second-order valence-electron chi connectivity index (χ2n) is 3.32. The molecule has 2 aromatic rings. The van der Waals surface area contributed by atoms with Crippen molar-refractivity contribution in [1.29, 1.82) is 0 Å². The maximum atomic E-state index is 13.0. The summed E-state index contributed by atoms with van der Waals surface area (Å²) < 4.78 is 18.1. The molecule has 0 saturated heterocycles. The topological polar surface area (TPSA) is 68.0 Å². The number of anilines is 1. The molecule has 0 saturated carbocycles. The Morgan fingerprint density at radius 1 is 1.47 bits per heavy atom. The minimum absolute atomic E-state index is 0.0103. The van der Waals surface area contributed by atoms with Gasteiger partial charge in [0.05, 0.1) is 0 Å². The molecule has 1 aromatic carbocycles. The highest BCUT2D eigenvalue weighted by atomic mass is 19.1. The summed E-state index contributed by atoms with van der Waals surface area (Å²) in [7, 11) is 0. The first-order valence-electron chi connectivity index (χ1n) is 5.08. The molecule has 0 unspecified atom stereocenters. The lowest BCUT2D eigenvalue weighted by Gasteiger charge is -1.95. The predicted octanol–water partition coefficient (Wildman–Crippen LogP) is 2.22. The molecule has 1 heterocycles. The summed E-state index contributed by atoms with van der Waals surface area (Å²) in [6, 6.07) is 5.79. The predicted molar refractivity (Wildman–Crippen MR) is 58.6 cm³/mol. The maximum absolute atomic E-state index is 13.0. The molecule has 2 rings (SSSR count). The van der Waals surface area contributed by atoms with Crippen LogP contribution in [0.1, 0.15) is 13.3 Å². The van der Waals surface area contributed by atoms with E-state index in [1.54, 1.807) is 19.1 Å². The second-order valence-corrected chi connectivity index (χ2v) is 3.32. The van der Waals surface area contributed by atoms with Gasteiger partial charge in [0.2, 0.25) is 11.8 Å². The van der Waals surface area contributed by atoms with Crippen LogP contribution in [0.3, 0.4) is 0 Å². The second kappa shape index (κ2) is 4.73. The normalized spacial score (nSPS) is 10.2. The van der Waals surface area contributed by atoms with Crippen LogP contribution in [-0.2, 0) is 4.79 Å². The average Bonchev–Trinajstić information content (AvgIpc) is 2.77. The SMILES string of the molecule is CCC(=O)Nc1nnc(-c2cccc(F)c2)o1. The highest BCUT2D eigenvalue weighted by Crippen LogP contribution is 2.20. The van der Waals surface area contributed by atoms with E-state index in [4.69, 9.17) is 4.42 Å². The number of hydrogen-bond donors (Lipinski definition) is 1. The van der Waals surface area contributed by atoms with Gasteiger partial charge in [0.25, 0.3) is 0 Å². The molecular formula is C11H10FN3O2. The van der Waals surface area contributed by atoms with Gasteiger partial charge in [-0.2, -0.15) is 0 Å². The van der Waals surface area contributed by atoms with Crippen molar-refractivity contribution in [3.63, 3.8) is 0 Å². The lowest BCUT2D eigenvalue weighted by Crippen LogP contribution is -2.09. The van der Waals surface area contributed by atoms with E-state index in [1.807, 2.05) is 0 Å². The first-order chi connectivity index (χ1) is 8.19. The fourth-order valence-corrected chi connectivity index (χ4v) is 1.22. The van der Waals surface area contributed by atoms with Crippen LogP contribution < -0.4 is 5.32 Å². The fraction of sp³-hybridized carbons (Fsp3) is 0.182. The Bertz CT molecular complexity index is 539. The number of nitrogens with zero attached hydrogens (tertiary/aromatic N) is 2. The van der Waals surface area contributed by atoms with Crippen LogP contribution in [0.5, 0.6) is 0 Å². The van der Waals surface area contributed by atoms with E-state index in [1.165, 1.54) is 12.1 Å². The Kier molecular flexibility index (Phi) is 3.13. The molecule has 0 aliphatic heterocycles. The van der Waals surface area contributed by atoms with Gasteiger partial charge in [-0.1, -0.05) is 18.1 Å². The van der Waals surface area contributed by atoms with Crippen LogP contribution in [0.2, 0.25) is 0 Å². The van der Waals surface area contributed by atoms with Crippen molar-refractivity contribution in [3.05, 3.63) is 30.1 Å². The molecule has 1 N–H and O–H groups in total. The van der Waals surface area contributed by atoms with E-state index in [0.717, 1.165) is 0 Å². The Labute approximate surface area is 96.7 Å². The van der Waals surface area contributed by atoms with Crippen LogP contribution in [0.4, 0.5) is 10.4 Å². The fourth-order valence-electron chi connectivity index (χ4n) is 1.22. The van der Waals surface area contributed by atoms with E-state index in [2.05, 4.69) is 15.5 Å². The molecule has 0 aliphatic carbocycles. The van der Waals surface area contributed by atoms with E-state index < -0.39 is 0 Å². The number of carbonyl (C=O) groups is 1. The molecule has 1 amide bonds. The minimum atomic E-state index is -0.389. The largest absolute Gasteiger partial charge is 0.403 e. The third-order valence-electron chi connectivity index (χ3n) is 2.06. The summed E-state index contributed by atoms with van der Waals surface area (Å²) in [6.07, 6.45) is 0.317. The molecule has 0 fully saturated rings. The third-order valence-corrected chi connectivity index (χ3v) is 2.06. The maximum Gasteiger partial charge on any atom is 0.322 e. The quantitative estimate of drug-likeness (QED) is 0.885. The number of nitrogens with one attached hydrogen (secondary N) is 1. The van der Waals surface area contributed by atoms with Crippen molar-refractivity contribution in [2.45, 2.75) is 13.3 Å². The number of hydrogen-bond acceptors (Lipinski definition) is 4. The van der Waals surface area contributed by atoms with Gasteiger partial charge in [0.15, 0.2) is 0 Å². The summed E-state index contributed by atoms with van der Waals surface area (Å²) in [5.74, 6) is -0.449. The number of amides is 1. The summed E-state index contributed by atoms with van der Waals surface area (Å²) in [4.78, 5) is 11.1. The molecule has 6 heteroatoms. The molecule has 5 nitrogen and oxygen atoms in total. The average molecular weight is 235 g/mol. The first-order valence-corrected chi connectivity index (χ1v) is 5.08. The summed E-state index contributed by atoms with van der Waals surface area (Å²) in [6.45, 7) is 1.71. The van der Waals surface area contributed by atoms with Crippen LogP contribution in [0.25, 0.3) is 11.5 Å². The molecule has 0 bridgehead atoms. The molecule has 88 valence electrons. The van der Waals surface area contributed by atoms with Crippen molar-refractivity contribution in [3.8, 4) is 11.5 Å². The van der Waals surface area contributed by atoms with Crippen LogP contribution in [0.15, 0.2) is 28.7 Å². The van der Waals surface area contributed by atoms with Crippen LogP contribution >= 0.6 is 0 Å². The highest BCUT2D eigenvalue weighted by Gasteiger charge is 2.10. The number of rotatable bonds is 3. The molecular weight excluding hydrogens is 225 g/mol. The van der Waals surface area contributed by atoms with Gasteiger partial charge in [0.1, 0.15) is 5.82 Å². The van der Waals surface area contributed by atoms with Crippen molar-refractivity contribution >= 4 is 11.9 Å². The monoisotopic (exact) mass is 235 g/mol. The molecule has 1 aromatic heterocycles. The Morgan fingerprint density at radius 3 is 3.00 bits per heavy atom. The Hall–Kier alpha value is -2.24. The number of halogens is 1. The van der Waals surface area contributed by atoms with E-state index in [-0.39, 0.29) is 23.6 Å². The third kappa shape index (κ3) is 2.66. The first kappa shape index (κ1) is 11.3. The van der Waals surface area contributed by atoms with E-state index in [9.17, 15) is 9.18 Å². The van der Waals surface area contributed by atoms with Crippen LogP contribution in [-0.4, -0.2) is 16.1 Å². The summed E-state index contributed by atoms with van der Waals surface area (Å²) >= 11 is 0. The molecule has 0 atom stereocenters. The lowest BCUT2D eigenvalue weighted by atomic mass is 10.2. The molecule has 0 spiro atoms. The molecule has 17 heavy (non-hydrogen) atoms. The Morgan fingerprint density at radius 2 is 2.29 bits per heavy atom. The number of benzene rings is 1. The zero-order valence-corrected chi connectivity index (χ0v) is 9.11. The lowest BCUT2D eigenvalue weighted by molar-refractivity contribution is -0.116. The smallest absolute Gasteiger partial charge is 0.322 e. The number of aromatic nitrogens is 2. The van der Waals surface area contributed by atoms with Gasteiger partial charge in [-0.15, -0.1) is 5.10 Å². The molecule has 0 aliphatic rings. The van der Waals surface area contributed by atoms with Crippen molar-refractivity contribution < 1.29 is 13.6 Å². The summed E-state index contributed by atoms with van der Waals surface area (Å²) in [5, 5.41) is 9.78. The molecule has 0 radical (unpaired) electrons. The van der Waals surface area contributed by atoms with E-state index >= 15 is 0 Å². The van der Waals surface area contributed by atoms with Crippen molar-refractivity contribution in [1.82, 2.24) is 10.2 Å². The Balaban J connectivity index is 2.21. The zero-order chi connectivity index (χ0) is 12.3. The van der Waals surface area contributed by atoms with Gasteiger partial charge in [-0.05, 0) is 18.2 Å². The van der Waals surface area contributed by atoms with Gasteiger partial charge >= 0.3 is 6.01 Å². The van der Waals surface area contributed by atoms with Gasteiger partial charge in [-0.3, -0.25) is 10.1 Å². The van der Waals surface area contributed by atoms with Gasteiger partial charge in [0, 0.05) is 12.0 Å². The van der Waals surface area contributed by atoms with Gasteiger partial charge < -0.3 is 4.42 Å². The van der Waals surface area contributed by atoms with Crippen LogP contribution in [0, 0.1) is 5.82 Å². The number of carbonyl (C=O) groups excluding carboxylic acids is 1. The van der Waals surface area contributed by atoms with Crippen molar-refractivity contribution in [2.75, 3.05) is 5.32 Å². The van der Waals surface area contributed by atoms with Gasteiger partial charge in [-0.25, -0.2) is 4.39 Å². The summed E-state index contributed by atoms with van der Waals surface area (Å²) in [5.41, 5.74) is 0.467. The standard InChI is InChI=1S/C11H10FN3O2/c1-2-9(16)13-11-15-14-10(17-11)7-4-3-5-8(12)6-7/h3-6H,2H2,1H3,(H,13,15,16). The highest BCUT2D eigenvalue weighted by molar-refractivity contribution is 5.88.